The van der Waals surface area contributed by atoms with E-state index in [4.69, 9.17) is 4.74 Å². The Morgan fingerprint density at radius 3 is 2.61 bits per heavy atom. The van der Waals surface area contributed by atoms with Crippen molar-refractivity contribution in [3.8, 4) is 5.75 Å². The van der Waals surface area contributed by atoms with Gasteiger partial charge in [-0.2, -0.15) is 13.2 Å². The molecular formula is C20H27F3N2O3. The summed E-state index contributed by atoms with van der Waals surface area (Å²) in [5, 5.41) is 0. The zero-order valence-electron chi connectivity index (χ0n) is 16.5. The van der Waals surface area contributed by atoms with Crippen LogP contribution in [0, 0.1) is 5.92 Å². The summed E-state index contributed by atoms with van der Waals surface area (Å²) in [7, 11) is 1.50. The van der Waals surface area contributed by atoms with E-state index in [9.17, 15) is 22.8 Å². The molecule has 1 heterocycles. The number of hydrogen-bond donors (Lipinski definition) is 0. The summed E-state index contributed by atoms with van der Waals surface area (Å²) in [5.74, 6) is 0.357. The van der Waals surface area contributed by atoms with E-state index in [0.717, 1.165) is 0 Å². The fourth-order valence-electron chi connectivity index (χ4n) is 3.54. The molecule has 1 aromatic rings. The average Bonchev–Trinajstić information content (AvgIpc) is 3.08. The Morgan fingerprint density at radius 2 is 2.04 bits per heavy atom. The second-order valence-electron chi connectivity index (χ2n) is 7.20. The van der Waals surface area contributed by atoms with Crippen molar-refractivity contribution in [2.45, 2.75) is 32.9 Å². The zero-order chi connectivity index (χ0) is 20.9. The maximum atomic E-state index is 12.7. The largest absolute Gasteiger partial charge is 0.496 e. The van der Waals surface area contributed by atoms with Crippen molar-refractivity contribution in [3.05, 3.63) is 29.3 Å². The number of alkyl halides is 3. The molecule has 1 aliphatic rings. The van der Waals surface area contributed by atoms with Crippen LogP contribution in [0.3, 0.4) is 0 Å². The second kappa shape index (κ2) is 9.41. The summed E-state index contributed by atoms with van der Waals surface area (Å²) < 4.78 is 43.2. The number of Topliss-reactive ketones (excluding diaryl/α,β-unsaturated/α-hetero) is 1. The molecule has 1 aromatic carbocycles. The van der Waals surface area contributed by atoms with E-state index in [1.807, 2.05) is 0 Å². The fraction of sp³-hybridized carbons (Fsp3) is 0.600. The van der Waals surface area contributed by atoms with Gasteiger partial charge in [0, 0.05) is 30.8 Å². The van der Waals surface area contributed by atoms with Gasteiger partial charge < -0.3 is 9.64 Å². The smallest absolute Gasteiger partial charge is 0.401 e. The predicted octanol–water partition coefficient (Wildman–Crippen LogP) is 3.17. The minimum Gasteiger partial charge on any atom is -0.496 e. The Morgan fingerprint density at radius 1 is 1.32 bits per heavy atom. The van der Waals surface area contributed by atoms with E-state index in [0.29, 0.717) is 49.5 Å². The molecule has 1 amide bonds. The highest BCUT2D eigenvalue weighted by molar-refractivity contribution is 5.94. The number of ether oxygens (including phenoxy) is 1. The first-order valence-electron chi connectivity index (χ1n) is 9.37. The first-order chi connectivity index (χ1) is 13.1. The number of ketones is 1. The van der Waals surface area contributed by atoms with Gasteiger partial charge in [0.05, 0.1) is 20.1 Å². The van der Waals surface area contributed by atoms with E-state index < -0.39 is 12.7 Å². The first kappa shape index (κ1) is 22.2. The monoisotopic (exact) mass is 400 g/mol. The molecule has 0 bridgehead atoms. The molecule has 1 fully saturated rings. The molecular weight excluding hydrogens is 373 g/mol. The maximum absolute atomic E-state index is 12.7. The Bertz CT molecular complexity index is 706. The molecule has 1 aliphatic heterocycles. The van der Waals surface area contributed by atoms with Gasteiger partial charge in [0.15, 0.2) is 5.78 Å². The minimum atomic E-state index is -4.22. The van der Waals surface area contributed by atoms with Crippen molar-refractivity contribution < 1.29 is 27.5 Å². The lowest BCUT2D eigenvalue weighted by Gasteiger charge is -2.25. The van der Waals surface area contributed by atoms with Gasteiger partial charge in [0.25, 0.3) is 0 Å². The van der Waals surface area contributed by atoms with Crippen LogP contribution in [0.25, 0.3) is 0 Å². The highest BCUT2D eigenvalue weighted by atomic mass is 19.4. The van der Waals surface area contributed by atoms with Gasteiger partial charge in [-0.05, 0) is 44.0 Å². The van der Waals surface area contributed by atoms with Crippen molar-refractivity contribution in [1.29, 1.82) is 0 Å². The quantitative estimate of drug-likeness (QED) is 0.629. The number of carbonyl (C=O) groups is 2. The van der Waals surface area contributed by atoms with Crippen molar-refractivity contribution in [1.82, 2.24) is 9.80 Å². The van der Waals surface area contributed by atoms with Gasteiger partial charge in [0.2, 0.25) is 5.91 Å². The molecule has 2 rings (SSSR count). The number of benzene rings is 1. The SMILES string of the molecule is CCN(CC1CCN(C(=O)Cc2cc(C(C)=O)ccc2OC)C1)CC(F)(F)F. The Labute approximate surface area is 163 Å². The third-order valence-electron chi connectivity index (χ3n) is 5.03. The zero-order valence-corrected chi connectivity index (χ0v) is 16.5. The number of halogens is 3. The lowest BCUT2D eigenvalue weighted by molar-refractivity contribution is -0.146. The molecule has 28 heavy (non-hydrogen) atoms. The predicted molar refractivity (Wildman–Crippen MR) is 99.6 cm³/mol. The molecule has 156 valence electrons. The number of hydrogen-bond acceptors (Lipinski definition) is 4. The third kappa shape index (κ3) is 6.22. The van der Waals surface area contributed by atoms with Crippen LogP contribution < -0.4 is 4.74 Å². The molecule has 5 nitrogen and oxygen atoms in total. The van der Waals surface area contributed by atoms with E-state index in [1.165, 1.54) is 18.9 Å². The van der Waals surface area contributed by atoms with Gasteiger partial charge in [-0.3, -0.25) is 14.5 Å². The lowest BCUT2D eigenvalue weighted by Crippen LogP contribution is -2.38. The Balaban J connectivity index is 1.98. The summed E-state index contributed by atoms with van der Waals surface area (Å²) in [4.78, 5) is 27.3. The number of likely N-dealkylation sites (tertiary alicyclic amines) is 1. The number of rotatable bonds is 8. The number of nitrogens with zero attached hydrogens (tertiary/aromatic N) is 2. The standard InChI is InChI=1S/C20H27F3N2O3/c1-4-24(13-20(21,22)23)11-15-7-8-25(12-15)19(27)10-17-9-16(14(2)26)5-6-18(17)28-3/h5-6,9,15H,4,7-8,10-13H2,1-3H3. The molecule has 1 saturated heterocycles. The summed E-state index contributed by atoms with van der Waals surface area (Å²) in [6.07, 6.45) is -3.44. The van der Waals surface area contributed by atoms with Gasteiger partial charge in [-0.1, -0.05) is 6.92 Å². The second-order valence-corrected chi connectivity index (χ2v) is 7.20. The summed E-state index contributed by atoms with van der Waals surface area (Å²) in [6, 6.07) is 4.98. The van der Waals surface area contributed by atoms with E-state index in [2.05, 4.69) is 0 Å². The third-order valence-corrected chi connectivity index (χ3v) is 5.03. The average molecular weight is 400 g/mol. The van der Waals surface area contributed by atoms with Crippen LogP contribution in [0.4, 0.5) is 13.2 Å². The summed E-state index contributed by atoms with van der Waals surface area (Å²) in [6.45, 7) is 3.85. The molecule has 0 radical (unpaired) electrons. The topological polar surface area (TPSA) is 49.9 Å². The normalized spacial score (nSPS) is 17.2. The molecule has 0 aromatic heterocycles. The minimum absolute atomic E-state index is 0.0247. The van der Waals surface area contributed by atoms with Gasteiger partial charge in [-0.15, -0.1) is 0 Å². The van der Waals surface area contributed by atoms with Crippen LogP contribution >= 0.6 is 0 Å². The van der Waals surface area contributed by atoms with Gasteiger partial charge in [0.1, 0.15) is 5.75 Å². The van der Waals surface area contributed by atoms with Crippen LogP contribution in [-0.4, -0.2) is 67.5 Å². The van der Waals surface area contributed by atoms with Crippen molar-refractivity contribution in [2.75, 3.05) is 39.8 Å². The van der Waals surface area contributed by atoms with Crippen molar-refractivity contribution in [2.24, 2.45) is 5.92 Å². The van der Waals surface area contributed by atoms with Crippen molar-refractivity contribution in [3.63, 3.8) is 0 Å². The van der Waals surface area contributed by atoms with E-state index in [-0.39, 0.29) is 24.0 Å². The number of methoxy groups -OCH3 is 1. The fourth-order valence-corrected chi connectivity index (χ4v) is 3.54. The highest BCUT2D eigenvalue weighted by Crippen LogP contribution is 2.25. The molecule has 1 unspecified atom stereocenters. The van der Waals surface area contributed by atoms with Gasteiger partial charge >= 0.3 is 6.18 Å². The lowest BCUT2D eigenvalue weighted by atomic mass is 10.0. The van der Waals surface area contributed by atoms with Crippen LogP contribution in [0.1, 0.15) is 36.2 Å². The maximum Gasteiger partial charge on any atom is 0.401 e. The van der Waals surface area contributed by atoms with Crippen molar-refractivity contribution >= 4 is 11.7 Å². The van der Waals surface area contributed by atoms with Gasteiger partial charge in [-0.25, -0.2) is 0 Å². The van der Waals surface area contributed by atoms with Crippen LogP contribution in [0.15, 0.2) is 18.2 Å². The number of carbonyl (C=O) groups excluding carboxylic acids is 2. The van der Waals surface area contributed by atoms with Crippen LogP contribution in [-0.2, 0) is 11.2 Å². The van der Waals surface area contributed by atoms with E-state index >= 15 is 0 Å². The van der Waals surface area contributed by atoms with E-state index in [1.54, 1.807) is 30.0 Å². The molecule has 0 spiro atoms. The first-order valence-corrected chi connectivity index (χ1v) is 9.37. The molecule has 8 heteroatoms. The Kier molecular flexibility index (Phi) is 7.46. The highest BCUT2D eigenvalue weighted by Gasteiger charge is 2.33. The summed E-state index contributed by atoms with van der Waals surface area (Å²) >= 11 is 0. The number of amides is 1. The van der Waals surface area contributed by atoms with Crippen LogP contribution in [0.5, 0.6) is 5.75 Å². The van der Waals surface area contributed by atoms with Crippen LogP contribution in [0.2, 0.25) is 0 Å². The molecule has 0 saturated carbocycles. The Hall–Kier alpha value is -2.09. The molecule has 1 atom stereocenters. The molecule has 0 N–H and O–H groups in total. The summed E-state index contributed by atoms with van der Waals surface area (Å²) in [5.41, 5.74) is 1.14. The molecule has 0 aliphatic carbocycles.